The second-order valence-electron chi connectivity index (χ2n) is 3.97. The number of ether oxygens (including phenoxy) is 1. The van der Waals surface area contributed by atoms with Crippen molar-refractivity contribution in [2.75, 3.05) is 6.61 Å². The number of aliphatic hydroxyl groups is 1. The molecule has 0 heterocycles. The molecule has 0 aromatic heterocycles. The lowest BCUT2D eigenvalue weighted by Gasteiger charge is -2.21. The highest BCUT2D eigenvalue weighted by Gasteiger charge is 2.17. The normalized spacial score (nSPS) is 15.0. The molecule has 0 saturated carbocycles. The summed E-state index contributed by atoms with van der Waals surface area (Å²) in [6, 6.07) is 6.08. The van der Waals surface area contributed by atoms with E-state index in [9.17, 15) is 5.11 Å². The molecule has 0 fully saturated rings. The van der Waals surface area contributed by atoms with Crippen LogP contribution in [0.15, 0.2) is 18.2 Å². The first-order valence-electron chi connectivity index (χ1n) is 5.43. The van der Waals surface area contributed by atoms with Gasteiger partial charge >= 0.3 is 0 Å². The number of aliphatic hydroxyl groups excluding tert-OH is 1. The maximum atomic E-state index is 10.1. The van der Waals surface area contributed by atoms with Gasteiger partial charge in [-0.05, 0) is 38.8 Å². The highest BCUT2D eigenvalue weighted by Crippen LogP contribution is 2.23. The van der Waals surface area contributed by atoms with Crippen molar-refractivity contribution in [3.8, 4) is 0 Å². The van der Waals surface area contributed by atoms with Crippen LogP contribution in [-0.4, -0.2) is 17.8 Å². The molecule has 2 nitrogen and oxygen atoms in total. The van der Waals surface area contributed by atoms with Gasteiger partial charge in [0.2, 0.25) is 0 Å². The quantitative estimate of drug-likeness (QED) is 0.824. The smallest absolute Gasteiger partial charge is 0.105 e. The zero-order chi connectivity index (χ0) is 11.4. The summed E-state index contributed by atoms with van der Waals surface area (Å²) < 4.78 is 5.39. The van der Waals surface area contributed by atoms with Crippen LogP contribution in [0.3, 0.4) is 0 Å². The molecule has 1 aromatic carbocycles. The Hall–Kier alpha value is -0.860. The van der Waals surface area contributed by atoms with Crippen LogP contribution in [-0.2, 0) is 4.74 Å². The van der Waals surface area contributed by atoms with Crippen molar-refractivity contribution in [3.63, 3.8) is 0 Å². The van der Waals surface area contributed by atoms with E-state index in [0.29, 0.717) is 6.61 Å². The Morgan fingerprint density at radius 2 is 2.00 bits per heavy atom. The lowest BCUT2D eigenvalue weighted by molar-refractivity contribution is -0.0230. The van der Waals surface area contributed by atoms with Crippen molar-refractivity contribution >= 4 is 0 Å². The van der Waals surface area contributed by atoms with Gasteiger partial charge in [0.25, 0.3) is 0 Å². The number of benzene rings is 1. The third kappa shape index (κ3) is 3.05. The van der Waals surface area contributed by atoms with E-state index in [1.165, 1.54) is 5.56 Å². The third-order valence-corrected chi connectivity index (χ3v) is 2.62. The van der Waals surface area contributed by atoms with Gasteiger partial charge < -0.3 is 9.84 Å². The monoisotopic (exact) mass is 208 g/mol. The van der Waals surface area contributed by atoms with Gasteiger partial charge in [0.05, 0.1) is 6.10 Å². The number of hydrogen-bond donors (Lipinski definition) is 1. The lowest BCUT2D eigenvalue weighted by atomic mass is 9.98. The molecule has 0 bridgehead atoms. The molecule has 84 valence electrons. The van der Waals surface area contributed by atoms with E-state index in [-0.39, 0.29) is 6.10 Å². The van der Waals surface area contributed by atoms with Gasteiger partial charge in [-0.2, -0.15) is 0 Å². The summed E-state index contributed by atoms with van der Waals surface area (Å²) in [5.41, 5.74) is 3.29. The topological polar surface area (TPSA) is 29.5 Å². The zero-order valence-corrected chi connectivity index (χ0v) is 9.95. The van der Waals surface area contributed by atoms with Crippen LogP contribution in [0.4, 0.5) is 0 Å². The van der Waals surface area contributed by atoms with Crippen molar-refractivity contribution in [3.05, 3.63) is 34.9 Å². The maximum Gasteiger partial charge on any atom is 0.105 e. The van der Waals surface area contributed by atoms with Crippen molar-refractivity contribution in [2.45, 2.75) is 39.9 Å². The molecular formula is C13H20O2. The van der Waals surface area contributed by atoms with Crippen molar-refractivity contribution in [2.24, 2.45) is 0 Å². The highest BCUT2D eigenvalue weighted by molar-refractivity contribution is 5.32. The fraction of sp³-hybridized carbons (Fsp3) is 0.538. The van der Waals surface area contributed by atoms with Gasteiger partial charge in [0, 0.05) is 6.61 Å². The van der Waals surface area contributed by atoms with Gasteiger partial charge in [0.1, 0.15) is 6.10 Å². The first-order valence-corrected chi connectivity index (χ1v) is 5.43. The van der Waals surface area contributed by atoms with E-state index in [4.69, 9.17) is 4.74 Å². The van der Waals surface area contributed by atoms with Crippen LogP contribution >= 0.6 is 0 Å². The Morgan fingerprint density at radius 1 is 1.33 bits per heavy atom. The first kappa shape index (κ1) is 12.2. The van der Waals surface area contributed by atoms with Gasteiger partial charge in [0.15, 0.2) is 0 Å². The van der Waals surface area contributed by atoms with Crippen LogP contribution < -0.4 is 0 Å². The van der Waals surface area contributed by atoms with Crippen molar-refractivity contribution < 1.29 is 9.84 Å². The summed E-state index contributed by atoms with van der Waals surface area (Å²) in [6.45, 7) is 8.53. The Bertz CT molecular complexity index is 320. The fourth-order valence-corrected chi connectivity index (χ4v) is 1.76. The van der Waals surface area contributed by atoms with E-state index in [0.717, 1.165) is 11.1 Å². The molecule has 0 spiro atoms. The molecule has 1 N–H and O–H groups in total. The zero-order valence-electron chi connectivity index (χ0n) is 9.95. The maximum absolute atomic E-state index is 10.1. The molecule has 2 unspecified atom stereocenters. The van der Waals surface area contributed by atoms with Crippen molar-refractivity contribution in [1.82, 2.24) is 0 Å². The van der Waals surface area contributed by atoms with Crippen LogP contribution in [0.25, 0.3) is 0 Å². The Labute approximate surface area is 91.9 Å². The largest absolute Gasteiger partial charge is 0.386 e. The van der Waals surface area contributed by atoms with E-state index >= 15 is 0 Å². The van der Waals surface area contributed by atoms with E-state index < -0.39 is 6.10 Å². The SMILES string of the molecule is CCOC(C)C(O)c1ccc(C)cc1C. The molecule has 1 rings (SSSR count). The first-order chi connectivity index (χ1) is 7.06. The molecule has 2 heteroatoms. The summed E-state index contributed by atoms with van der Waals surface area (Å²) in [7, 11) is 0. The molecule has 15 heavy (non-hydrogen) atoms. The third-order valence-electron chi connectivity index (χ3n) is 2.62. The summed E-state index contributed by atoms with van der Waals surface area (Å²) in [5, 5.41) is 10.1. The van der Waals surface area contributed by atoms with Crippen LogP contribution in [0, 0.1) is 13.8 Å². The molecule has 0 radical (unpaired) electrons. The van der Waals surface area contributed by atoms with E-state index in [2.05, 4.69) is 13.0 Å². The Kier molecular flexibility index (Phi) is 4.30. The van der Waals surface area contributed by atoms with Crippen LogP contribution in [0.2, 0.25) is 0 Å². The standard InChI is InChI=1S/C13H20O2/c1-5-15-11(4)13(14)12-7-6-9(2)8-10(12)3/h6-8,11,13-14H,5H2,1-4H3. The molecule has 2 atom stereocenters. The Balaban J connectivity index is 2.86. The highest BCUT2D eigenvalue weighted by atomic mass is 16.5. The van der Waals surface area contributed by atoms with E-state index in [1.807, 2.05) is 32.9 Å². The van der Waals surface area contributed by atoms with Crippen LogP contribution in [0.5, 0.6) is 0 Å². The average molecular weight is 208 g/mol. The molecule has 0 aliphatic heterocycles. The molecule has 0 aliphatic carbocycles. The predicted molar refractivity (Wildman–Crippen MR) is 62.0 cm³/mol. The van der Waals surface area contributed by atoms with E-state index in [1.54, 1.807) is 0 Å². The molecule has 0 amide bonds. The van der Waals surface area contributed by atoms with Gasteiger partial charge in [-0.1, -0.05) is 23.8 Å². The van der Waals surface area contributed by atoms with Gasteiger partial charge in [-0.25, -0.2) is 0 Å². The summed E-state index contributed by atoms with van der Waals surface area (Å²) in [5.74, 6) is 0. The van der Waals surface area contributed by atoms with Crippen molar-refractivity contribution in [1.29, 1.82) is 0 Å². The summed E-state index contributed by atoms with van der Waals surface area (Å²) in [6.07, 6.45) is -0.693. The fourth-order valence-electron chi connectivity index (χ4n) is 1.76. The second kappa shape index (κ2) is 5.29. The minimum atomic E-state index is -0.537. The molecule has 0 saturated heterocycles. The predicted octanol–water partition coefficient (Wildman–Crippen LogP) is 2.76. The minimum Gasteiger partial charge on any atom is -0.386 e. The van der Waals surface area contributed by atoms with Gasteiger partial charge in [-0.3, -0.25) is 0 Å². The Morgan fingerprint density at radius 3 is 2.53 bits per heavy atom. The lowest BCUT2D eigenvalue weighted by Crippen LogP contribution is -2.19. The molecule has 1 aromatic rings. The minimum absolute atomic E-state index is 0.156. The number of rotatable bonds is 4. The second-order valence-corrected chi connectivity index (χ2v) is 3.97. The summed E-state index contributed by atoms with van der Waals surface area (Å²) >= 11 is 0. The molecule has 0 aliphatic rings. The average Bonchev–Trinajstić information content (AvgIpc) is 2.17. The number of aryl methyl sites for hydroxylation is 2. The summed E-state index contributed by atoms with van der Waals surface area (Å²) in [4.78, 5) is 0. The molecular weight excluding hydrogens is 188 g/mol. The van der Waals surface area contributed by atoms with Gasteiger partial charge in [-0.15, -0.1) is 0 Å². The number of hydrogen-bond acceptors (Lipinski definition) is 2. The van der Waals surface area contributed by atoms with Crippen LogP contribution in [0.1, 0.15) is 36.6 Å².